The number of nitrogens with zero attached hydrogens (tertiary/aromatic N) is 5. The molecule has 8 nitrogen and oxygen atoms in total. The van der Waals surface area contributed by atoms with Crippen molar-refractivity contribution < 1.29 is 13.7 Å². The van der Waals surface area contributed by atoms with Gasteiger partial charge in [0, 0.05) is 42.2 Å². The molecule has 1 aliphatic rings. The highest BCUT2D eigenvalue weighted by atomic mass is 16.5. The van der Waals surface area contributed by atoms with Gasteiger partial charge in [0.05, 0.1) is 5.69 Å². The average Bonchev–Trinajstić information content (AvgIpc) is 3.65. The average molecular weight is 480 g/mol. The van der Waals surface area contributed by atoms with Crippen molar-refractivity contribution in [3.05, 3.63) is 90.2 Å². The zero-order valence-electron chi connectivity index (χ0n) is 19.9. The Bertz CT molecular complexity index is 1500. The Morgan fingerprint density at radius 2 is 1.83 bits per heavy atom. The summed E-state index contributed by atoms with van der Waals surface area (Å²) in [7, 11) is 0. The van der Waals surface area contributed by atoms with E-state index in [2.05, 4.69) is 10.1 Å². The van der Waals surface area contributed by atoms with Crippen LogP contribution in [0.1, 0.15) is 36.0 Å². The number of fused-ring (bicyclic) bond motifs is 1. The molecule has 0 spiro atoms. The van der Waals surface area contributed by atoms with Crippen molar-refractivity contribution in [3.8, 4) is 17.1 Å². The first-order chi connectivity index (χ1) is 17.6. The van der Waals surface area contributed by atoms with Gasteiger partial charge in [-0.25, -0.2) is 4.68 Å². The van der Waals surface area contributed by atoms with Crippen LogP contribution in [0.25, 0.3) is 34.2 Å². The minimum absolute atomic E-state index is 0.0295. The van der Waals surface area contributed by atoms with E-state index in [0.29, 0.717) is 36.3 Å². The lowest BCUT2D eigenvalue weighted by molar-refractivity contribution is -0.127. The number of aromatic nitrogens is 4. The Balaban J connectivity index is 1.25. The smallest absolute Gasteiger partial charge is 0.246 e. The Hall–Kier alpha value is -4.46. The first-order valence-electron chi connectivity index (χ1n) is 12.1. The number of likely N-dealkylation sites (tertiary alicyclic amines) is 1. The van der Waals surface area contributed by atoms with Crippen molar-refractivity contribution >= 4 is 23.0 Å². The number of carbonyl (C=O) groups is 1. The van der Waals surface area contributed by atoms with Crippen LogP contribution < -0.4 is 0 Å². The van der Waals surface area contributed by atoms with E-state index < -0.39 is 0 Å². The predicted octanol–water partition coefficient (Wildman–Crippen LogP) is 5.40. The van der Waals surface area contributed by atoms with Crippen LogP contribution in [0.15, 0.2) is 81.9 Å². The van der Waals surface area contributed by atoms with Crippen molar-refractivity contribution in [3.63, 3.8) is 0 Å². The molecule has 0 bridgehead atoms. The third-order valence-electron chi connectivity index (χ3n) is 6.53. The summed E-state index contributed by atoms with van der Waals surface area (Å²) in [6.45, 7) is 3.11. The van der Waals surface area contributed by atoms with Crippen LogP contribution in [0.3, 0.4) is 0 Å². The molecule has 8 heteroatoms. The first-order valence-corrected chi connectivity index (χ1v) is 12.1. The molecule has 6 rings (SSSR count). The number of amides is 1. The lowest BCUT2D eigenvalue weighted by Crippen LogP contribution is -2.36. The second-order valence-corrected chi connectivity index (χ2v) is 8.97. The molecule has 1 aliphatic heterocycles. The van der Waals surface area contributed by atoms with Crippen molar-refractivity contribution in [1.29, 1.82) is 0 Å². The van der Waals surface area contributed by atoms with Gasteiger partial charge in [-0.2, -0.15) is 10.1 Å². The van der Waals surface area contributed by atoms with E-state index in [1.54, 1.807) is 6.08 Å². The van der Waals surface area contributed by atoms with E-state index in [-0.39, 0.29) is 11.8 Å². The molecule has 36 heavy (non-hydrogen) atoms. The van der Waals surface area contributed by atoms with Crippen LogP contribution in [0.4, 0.5) is 0 Å². The maximum atomic E-state index is 13.0. The molecule has 1 fully saturated rings. The molecule has 0 aliphatic carbocycles. The van der Waals surface area contributed by atoms with E-state index in [0.717, 1.165) is 35.1 Å². The molecule has 180 valence electrons. The quantitative estimate of drug-likeness (QED) is 0.314. The topological polar surface area (TPSA) is 90.2 Å². The summed E-state index contributed by atoms with van der Waals surface area (Å²) in [6, 6.07) is 19.7. The highest BCUT2D eigenvalue weighted by Gasteiger charge is 2.26. The van der Waals surface area contributed by atoms with E-state index in [4.69, 9.17) is 14.0 Å². The van der Waals surface area contributed by atoms with Crippen molar-refractivity contribution in [1.82, 2.24) is 24.8 Å². The van der Waals surface area contributed by atoms with Crippen LogP contribution in [0.5, 0.6) is 0 Å². The second kappa shape index (κ2) is 9.30. The third-order valence-corrected chi connectivity index (χ3v) is 6.53. The highest BCUT2D eigenvalue weighted by Crippen LogP contribution is 2.31. The molecule has 0 unspecified atom stereocenters. The normalized spacial score (nSPS) is 14.8. The third kappa shape index (κ3) is 4.33. The Labute approximate surface area is 207 Å². The number of rotatable bonds is 5. The Morgan fingerprint density at radius 3 is 2.58 bits per heavy atom. The zero-order chi connectivity index (χ0) is 24.5. The van der Waals surface area contributed by atoms with Crippen LogP contribution in [-0.2, 0) is 4.79 Å². The van der Waals surface area contributed by atoms with Crippen LogP contribution >= 0.6 is 0 Å². The fourth-order valence-electron chi connectivity index (χ4n) is 4.60. The Kier molecular flexibility index (Phi) is 5.69. The standard InChI is InChI=1S/C28H25N5O3/c1-19-29-28(36-31-19)20-13-15-32(16-14-20)26(34)12-11-22-18-33(23-8-3-2-4-9-23)30-27(22)25-17-21-7-5-6-10-24(21)35-25/h2-12,17-18,20H,13-16H2,1H3/b12-11+. The van der Waals surface area contributed by atoms with Gasteiger partial charge in [-0.05, 0) is 50.1 Å². The minimum atomic E-state index is -0.0295. The summed E-state index contributed by atoms with van der Waals surface area (Å²) in [6.07, 6.45) is 6.97. The summed E-state index contributed by atoms with van der Waals surface area (Å²) in [5.41, 5.74) is 3.22. The maximum Gasteiger partial charge on any atom is 0.246 e. The number of aryl methyl sites for hydroxylation is 1. The summed E-state index contributed by atoms with van der Waals surface area (Å²) in [4.78, 5) is 19.2. The number of benzene rings is 2. The molecule has 0 saturated carbocycles. The first kappa shape index (κ1) is 22.0. The summed E-state index contributed by atoms with van der Waals surface area (Å²) in [5.74, 6) is 2.14. The van der Waals surface area contributed by atoms with E-state index in [1.165, 1.54) is 0 Å². The lowest BCUT2D eigenvalue weighted by Gasteiger charge is -2.29. The molecule has 3 aromatic heterocycles. The van der Waals surface area contributed by atoms with E-state index in [9.17, 15) is 4.79 Å². The molecule has 4 heterocycles. The molecule has 0 N–H and O–H groups in total. The fraction of sp³-hybridized carbons (Fsp3) is 0.214. The van der Waals surface area contributed by atoms with E-state index >= 15 is 0 Å². The number of hydrogen-bond donors (Lipinski definition) is 0. The predicted molar refractivity (Wildman–Crippen MR) is 135 cm³/mol. The highest BCUT2D eigenvalue weighted by molar-refractivity contribution is 5.93. The van der Waals surface area contributed by atoms with Gasteiger partial charge in [0.15, 0.2) is 11.6 Å². The van der Waals surface area contributed by atoms with Crippen molar-refractivity contribution in [2.24, 2.45) is 0 Å². The van der Waals surface area contributed by atoms with Crippen molar-refractivity contribution in [2.45, 2.75) is 25.7 Å². The van der Waals surface area contributed by atoms with Gasteiger partial charge in [-0.15, -0.1) is 0 Å². The van der Waals surface area contributed by atoms with Crippen LogP contribution in [0, 0.1) is 6.92 Å². The number of furan rings is 1. The molecule has 0 radical (unpaired) electrons. The molecule has 5 aromatic rings. The van der Waals surface area contributed by atoms with Gasteiger partial charge in [-0.3, -0.25) is 4.79 Å². The molecule has 1 amide bonds. The van der Waals surface area contributed by atoms with Gasteiger partial charge in [0.25, 0.3) is 0 Å². The maximum absolute atomic E-state index is 13.0. The largest absolute Gasteiger partial charge is 0.454 e. The number of carbonyl (C=O) groups excluding carboxylic acids is 1. The minimum Gasteiger partial charge on any atom is -0.454 e. The molecule has 0 atom stereocenters. The summed E-state index contributed by atoms with van der Waals surface area (Å²) in [5, 5.41) is 9.70. The fourth-order valence-corrected chi connectivity index (χ4v) is 4.60. The van der Waals surface area contributed by atoms with E-state index in [1.807, 2.05) is 89.4 Å². The van der Waals surface area contributed by atoms with Crippen molar-refractivity contribution in [2.75, 3.05) is 13.1 Å². The zero-order valence-corrected chi connectivity index (χ0v) is 19.9. The second-order valence-electron chi connectivity index (χ2n) is 8.97. The molecular weight excluding hydrogens is 454 g/mol. The number of para-hydroxylation sites is 2. The lowest BCUT2D eigenvalue weighted by atomic mass is 9.96. The summed E-state index contributed by atoms with van der Waals surface area (Å²) < 4.78 is 13.2. The van der Waals surface area contributed by atoms with Gasteiger partial charge >= 0.3 is 0 Å². The Morgan fingerprint density at radius 1 is 1.06 bits per heavy atom. The van der Waals surface area contributed by atoms with Crippen LogP contribution in [0.2, 0.25) is 0 Å². The van der Waals surface area contributed by atoms with Gasteiger partial charge in [0.2, 0.25) is 11.8 Å². The summed E-state index contributed by atoms with van der Waals surface area (Å²) >= 11 is 0. The monoisotopic (exact) mass is 479 g/mol. The van der Waals surface area contributed by atoms with Crippen LogP contribution in [-0.4, -0.2) is 43.8 Å². The van der Waals surface area contributed by atoms with Gasteiger partial charge in [-0.1, -0.05) is 41.6 Å². The van der Waals surface area contributed by atoms with Gasteiger partial charge < -0.3 is 13.8 Å². The number of hydrogen-bond acceptors (Lipinski definition) is 6. The molecule has 1 saturated heterocycles. The SMILES string of the molecule is Cc1noc(C2CCN(C(=O)/C=C/c3cn(-c4ccccc4)nc3-c3cc4ccccc4o3)CC2)n1. The molecule has 2 aromatic carbocycles. The van der Waals surface area contributed by atoms with Gasteiger partial charge in [0.1, 0.15) is 11.3 Å². The molecular formula is C28H25N5O3. The number of piperidine rings is 1.